The minimum absolute atomic E-state index is 0.239. The number of carbonyl (C=O) groups is 2. The van der Waals surface area contributed by atoms with E-state index in [1.165, 1.54) is 6.26 Å². The monoisotopic (exact) mass is 327 g/mol. The van der Waals surface area contributed by atoms with Crippen LogP contribution < -0.4 is 15.4 Å². The molecule has 0 saturated heterocycles. The van der Waals surface area contributed by atoms with Crippen molar-refractivity contribution >= 4 is 22.7 Å². The molecule has 2 heterocycles. The van der Waals surface area contributed by atoms with Gasteiger partial charge in [-0.3, -0.25) is 9.59 Å². The summed E-state index contributed by atoms with van der Waals surface area (Å²) in [6.45, 7) is 0.614. The summed E-state index contributed by atoms with van der Waals surface area (Å²) in [6.07, 6.45) is 1.43. The molecule has 3 N–H and O–H groups in total. The molecule has 0 radical (unpaired) electrons. The maximum atomic E-state index is 12.1. The van der Waals surface area contributed by atoms with Crippen molar-refractivity contribution in [3.8, 4) is 5.75 Å². The quantitative estimate of drug-likeness (QED) is 0.603. The first-order valence-corrected chi connectivity index (χ1v) is 7.44. The Balaban J connectivity index is 1.52. The standard InChI is InChI=1S/C17H17N3O4/c1-23-12-5-4-11-9-14(20-13(11)10-12)16(21)18-6-7-19-17(22)15-3-2-8-24-15/h2-5,8-10,20H,6-7H2,1H3,(H,18,21)(H,19,22). The molecule has 24 heavy (non-hydrogen) atoms. The van der Waals surface area contributed by atoms with Crippen LogP contribution in [0.4, 0.5) is 0 Å². The van der Waals surface area contributed by atoms with E-state index >= 15 is 0 Å². The summed E-state index contributed by atoms with van der Waals surface area (Å²) in [4.78, 5) is 26.8. The van der Waals surface area contributed by atoms with Gasteiger partial charge < -0.3 is 24.8 Å². The van der Waals surface area contributed by atoms with Gasteiger partial charge in [0.2, 0.25) is 0 Å². The molecule has 0 saturated carbocycles. The second kappa shape index (κ2) is 6.91. The number of furan rings is 1. The van der Waals surface area contributed by atoms with E-state index in [1.54, 1.807) is 25.3 Å². The van der Waals surface area contributed by atoms with Crippen LogP contribution in [-0.2, 0) is 0 Å². The van der Waals surface area contributed by atoms with E-state index < -0.39 is 0 Å². The summed E-state index contributed by atoms with van der Waals surface area (Å²) in [5.74, 6) is 0.409. The van der Waals surface area contributed by atoms with Gasteiger partial charge in [-0.15, -0.1) is 0 Å². The first-order chi connectivity index (χ1) is 11.7. The van der Waals surface area contributed by atoms with Crippen LogP contribution >= 0.6 is 0 Å². The molecular weight excluding hydrogens is 310 g/mol. The van der Waals surface area contributed by atoms with Crippen LogP contribution in [0.25, 0.3) is 10.9 Å². The Hall–Kier alpha value is -3.22. The minimum atomic E-state index is -0.313. The van der Waals surface area contributed by atoms with Crippen LogP contribution in [0.3, 0.4) is 0 Å². The molecule has 0 spiro atoms. The van der Waals surface area contributed by atoms with E-state index in [0.717, 1.165) is 16.7 Å². The molecule has 2 amide bonds. The molecule has 3 aromatic rings. The van der Waals surface area contributed by atoms with Crippen molar-refractivity contribution in [2.75, 3.05) is 20.2 Å². The highest BCUT2D eigenvalue weighted by atomic mass is 16.5. The highest BCUT2D eigenvalue weighted by Gasteiger charge is 2.11. The molecule has 0 aliphatic carbocycles. The van der Waals surface area contributed by atoms with Crippen LogP contribution in [-0.4, -0.2) is 37.0 Å². The number of carbonyl (C=O) groups excluding carboxylic acids is 2. The molecule has 0 bridgehead atoms. The van der Waals surface area contributed by atoms with Gasteiger partial charge in [0.15, 0.2) is 5.76 Å². The predicted molar refractivity (Wildman–Crippen MR) is 88.2 cm³/mol. The normalized spacial score (nSPS) is 10.5. The first-order valence-electron chi connectivity index (χ1n) is 7.44. The summed E-state index contributed by atoms with van der Waals surface area (Å²) >= 11 is 0. The Kier molecular flexibility index (Phi) is 4.51. The summed E-state index contributed by atoms with van der Waals surface area (Å²) in [5.41, 5.74) is 1.28. The third-order valence-electron chi connectivity index (χ3n) is 3.52. The highest BCUT2D eigenvalue weighted by Crippen LogP contribution is 2.21. The largest absolute Gasteiger partial charge is 0.497 e. The number of hydrogen-bond acceptors (Lipinski definition) is 4. The number of benzene rings is 1. The number of aromatic nitrogens is 1. The topological polar surface area (TPSA) is 96.4 Å². The number of methoxy groups -OCH3 is 1. The smallest absolute Gasteiger partial charge is 0.287 e. The van der Waals surface area contributed by atoms with Gasteiger partial charge in [-0.2, -0.15) is 0 Å². The maximum absolute atomic E-state index is 12.1. The fourth-order valence-corrected chi connectivity index (χ4v) is 2.30. The van der Waals surface area contributed by atoms with Gasteiger partial charge in [0.25, 0.3) is 11.8 Å². The van der Waals surface area contributed by atoms with E-state index in [2.05, 4.69) is 15.6 Å². The Morgan fingerprint density at radius 3 is 2.62 bits per heavy atom. The van der Waals surface area contributed by atoms with E-state index in [0.29, 0.717) is 18.8 Å². The second-order valence-electron chi connectivity index (χ2n) is 5.13. The number of ether oxygens (including phenoxy) is 1. The van der Waals surface area contributed by atoms with E-state index in [-0.39, 0.29) is 17.6 Å². The number of amides is 2. The number of H-pyrrole nitrogens is 1. The lowest BCUT2D eigenvalue weighted by molar-refractivity contribution is 0.0909. The van der Waals surface area contributed by atoms with Gasteiger partial charge >= 0.3 is 0 Å². The molecule has 124 valence electrons. The van der Waals surface area contributed by atoms with Crippen LogP contribution in [0, 0.1) is 0 Å². The molecule has 0 aliphatic heterocycles. The van der Waals surface area contributed by atoms with Crippen molar-refractivity contribution in [2.45, 2.75) is 0 Å². The lowest BCUT2D eigenvalue weighted by Crippen LogP contribution is -2.34. The Bertz CT molecular complexity index is 852. The summed E-state index contributed by atoms with van der Waals surface area (Å²) in [5, 5.41) is 6.33. The molecule has 2 aromatic heterocycles. The number of rotatable bonds is 6. The summed E-state index contributed by atoms with van der Waals surface area (Å²) in [7, 11) is 1.59. The van der Waals surface area contributed by atoms with Crippen molar-refractivity contribution in [2.24, 2.45) is 0 Å². The van der Waals surface area contributed by atoms with Crippen LogP contribution in [0.2, 0.25) is 0 Å². The SMILES string of the molecule is COc1ccc2cc(C(=O)NCCNC(=O)c3ccco3)[nH]c2c1. The van der Waals surface area contributed by atoms with Crippen LogP contribution in [0.5, 0.6) is 5.75 Å². The van der Waals surface area contributed by atoms with Crippen LogP contribution in [0.15, 0.2) is 47.1 Å². The minimum Gasteiger partial charge on any atom is -0.497 e. The van der Waals surface area contributed by atoms with Crippen LogP contribution in [0.1, 0.15) is 21.0 Å². The van der Waals surface area contributed by atoms with Gasteiger partial charge in [-0.25, -0.2) is 0 Å². The first kappa shape index (κ1) is 15.7. The zero-order chi connectivity index (χ0) is 16.9. The number of fused-ring (bicyclic) bond motifs is 1. The summed E-state index contributed by atoms with van der Waals surface area (Å²) < 4.78 is 10.1. The predicted octanol–water partition coefficient (Wildman–Crippen LogP) is 1.93. The fourth-order valence-electron chi connectivity index (χ4n) is 2.30. The van der Waals surface area contributed by atoms with E-state index in [1.807, 2.05) is 18.2 Å². The lowest BCUT2D eigenvalue weighted by atomic mass is 10.2. The lowest BCUT2D eigenvalue weighted by Gasteiger charge is -2.05. The summed E-state index contributed by atoms with van der Waals surface area (Å²) in [6, 6.07) is 10.5. The third kappa shape index (κ3) is 3.40. The zero-order valence-electron chi connectivity index (χ0n) is 13.1. The Morgan fingerprint density at radius 1 is 1.12 bits per heavy atom. The number of aromatic amines is 1. The molecule has 0 aliphatic rings. The fraction of sp³-hybridized carbons (Fsp3) is 0.176. The van der Waals surface area contributed by atoms with Gasteiger partial charge in [0.1, 0.15) is 11.4 Å². The van der Waals surface area contributed by atoms with Crippen molar-refractivity contribution in [3.05, 3.63) is 54.1 Å². The third-order valence-corrected chi connectivity index (χ3v) is 3.52. The molecular formula is C17H17N3O4. The zero-order valence-corrected chi connectivity index (χ0v) is 13.1. The van der Waals surface area contributed by atoms with Gasteiger partial charge in [0, 0.05) is 30.1 Å². The van der Waals surface area contributed by atoms with Crippen molar-refractivity contribution < 1.29 is 18.7 Å². The molecule has 0 atom stereocenters. The molecule has 0 unspecified atom stereocenters. The Morgan fingerprint density at radius 2 is 1.92 bits per heavy atom. The van der Waals surface area contributed by atoms with Crippen molar-refractivity contribution in [1.82, 2.24) is 15.6 Å². The van der Waals surface area contributed by atoms with E-state index in [9.17, 15) is 9.59 Å². The van der Waals surface area contributed by atoms with Crippen molar-refractivity contribution in [3.63, 3.8) is 0 Å². The highest BCUT2D eigenvalue weighted by molar-refractivity contribution is 5.98. The molecule has 3 rings (SSSR count). The van der Waals surface area contributed by atoms with E-state index in [4.69, 9.17) is 9.15 Å². The molecule has 7 heteroatoms. The number of nitrogens with one attached hydrogen (secondary N) is 3. The second-order valence-corrected chi connectivity index (χ2v) is 5.13. The number of hydrogen-bond donors (Lipinski definition) is 3. The van der Waals surface area contributed by atoms with Crippen molar-refractivity contribution in [1.29, 1.82) is 0 Å². The average molecular weight is 327 g/mol. The maximum Gasteiger partial charge on any atom is 0.287 e. The molecule has 7 nitrogen and oxygen atoms in total. The van der Waals surface area contributed by atoms with Gasteiger partial charge in [0.05, 0.1) is 13.4 Å². The molecule has 0 fully saturated rings. The Labute approximate surface area is 138 Å². The van der Waals surface area contributed by atoms with Gasteiger partial charge in [-0.05, 0) is 30.3 Å². The molecule has 1 aromatic carbocycles. The van der Waals surface area contributed by atoms with Gasteiger partial charge in [-0.1, -0.05) is 0 Å². The average Bonchev–Trinajstić information content (AvgIpc) is 3.26.